The van der Waals surface area contributed by atoms with E-state index in [1.165, 1.54) is 6.07 Å². The van der Waals surface area contributed by atoms with Gasteiger partial charge in [-0.3, -0.25) is 0 Å². The van der Waals surface area contributed by atoms with Crippen LogP contribution in [0.4, 0.5) is 4.39 Å². The van der Waals surface area contributed by atoms with Gasteiger partial charge >= 0.3 is 0 Å². The maximum Gasteiger partial charge on any atom is 0.126 e. The standard InChI is InChI=1S/C12H16FNO/c1-9-7-10(3-4-11(9)13)12(14)5-2-6-15-8-12/h3-4,7H,2,5-6,8,14H2,1H3. The van der Waals surface area contributed by atoms with E-state index in [4.69, 9.17) is 10.5 Å². The van der Waals surface area contributed by atoms with Gasteiger partial charge in [-0.25, -0.2) is 4.39 Å². The van der Waals surface area contributed by atoms with Crippen LogP contribution in [0.3, 0.4) is 0 Å². The van der Waals surface area contributed by atoms with Crippen LogP contribution in [0.25, 0.3) is 0 Å². The number of halogens is 1. The molecule has 1 unspecified atom stereocenters. The quantitative estimate of drug-likeness (QED) is 0.768. The first kappa shape index (κ1) is 10.6. The highest BCUT2D eigenvalue weighted by Crippen LogP contribution is 2.28. The molecule has 15 heavy (non-hydrogen) atoms. The molecule has 1 aliphatic rings. The molecule has 3 heteroatoms. The molecule has 1 aliphatic heterocycles. The third-order valence-electron chi connectivity index (χ3n) is 3.00. The van der Waals surface area contributed by atoms with Crippen LogP contribution < -0.4 is 5.73 Å². The Morgan fingerprint density at radius 1 is 1.47 bits per heavy atom. The van der Waals surface area contributed by atoms with Gasteiger partial charge in [0.05, 0.1) is 12.1 Å². The maximum absolute atomic E-state index is 13.1. The Hall–Kier alpha value is -0.930. The minimum absolute atomic E-state index is 0.181. The largest absolute Gasteiger partial charge is 0.379 e. The average Bonchev–Trinajstić information content (AvgIpc) is 2.23. The Balaban J connectivity index is 2.31. The summed E-state index contributed by atoms with van der Waals surface area (Å²) in [6, 6.07) is 5.06. The zero-order chi connectivity index (χ0) is 10.9. The highest BCUT2D eigenvalue weighted by Gasteiger charge is 2.30. The van der Waals surface area contributed by atoms with Gasteiger partial charge in [-0.05, 0) is 37.0 Å². The number of ether oxygens (including phenoxy) is 1. The molecule has 0 saturated carbocycles. The Labute approximate surface area is 89.2 Å². The second-order valence-electron chi connectivity index (χ2n) is 4.28. The van der Waals surface area contributed by atoms with E-state index in [9.17, 15) is 4.39 Å². The summed E-state index contributed by atoms with van der Waals surface area (Å²) in [6.07, 6.45) is 1.87. The molecule has 0 bridgehead atoms. The third-order valence-corrected chi connectivity index (χ3v) is 3.00. The molecule has 0 amide bonds. The molecule has 0 radical (unpaired) electrons. The van der Waals surface area contributed by atoms with Crippen molar-refractivity contribution >= 4 is 0 Å². The highest BCUT2D eigenvalue weighted by molar-refractivity contribution is 5.30. The van der Waals surface area contributed by atoms with E-state index in [0.29, 0.717) is 12.2 Å². The van der Waals surface area contributed by atoms with E-state index in [0.717, 1.165) is 25.0 Å². The lowest BCUT2D eigenvalue weighted by atomic mass is 9.85. The predicted octanol–water partition coefficient (Wildman–Crippen LogP) is 2.10. The normalized spacial score (nSPS) is 26.6. The smallest absolute Gasteiger partial charge is 0.126 e. The fraction of sp³-hybridized carbons (Fsp3) is 0.500. The van der Waals surface area contributed by atoms with Crippen molar-refractivity contribution in [2.75, 3.05) is 13.2 Å². The van der Waals surface area contributed by atoms with Crippen molar-refractivity contribution < 1.29 is 9.13 Å². The van der Waals surface area contributed by atoms with Gasteiger partial charge in [0.1, 0.15) is 5.82 Å². The SMILES string of the molecule is Cc1cc(C2(N)CCCOC2)ccc1F. The molecule has 1 saturated heterocycles. The lowest BCUT2D eigenvalue weighted by Gasteiger charge is -2.33. The number of nitrogens with two attached hydrogens (primary N) is 1. The fourth-order valence-corrected chi connectivity index (χ4v) is 2.00. The van der Waals surface area contributed by atoms with Crippen molar-refractivity contribution in [1.82, 2.24) is 0 Å². The van der Waals surface area contributed by atoms with Gasteiger partial charge in [-0.15, -0.1) is 0 Å². The van der Waals surface area contributed by atoms with Gasteiger partial charge in [-0.1, -0.05) is 12.1 Å². The van der Waals surface area contributed by atoms with Crippen molar-refractivity contribution in [1.29, 1.82) is 0 Å². The van der Waals surface area contributed by atoms with Crippen LogP contribution >= 0.6 is 0 Å². The van der Waals surface area contributed by atoms with Gasteiger partial charge in [0.25, 0.3) is 0 Å². The molecular formula is C12H16FNO. The Morgan fingerprint density at radius 2 is 2.27 bits per heavy atom. The van der Waals surface area contributed by atoms with E-state index < -0.39 is 5.54 Å². The van der Waals surface area contributed by atoms with Crippen molar-refractivity contribution in [2.24, 2.45) is 5.73 Å². The van der Waals surface area contributed by atoms with E-state index in [1.807, 2.05) is 6.07 Å². The first-order valence-corrected chi connectivity index (χ1v) is 5.25. The van der Waals surface area contributed by atoms with Crippen molar-refractivity contribution in [3.8, 4) is 0 Å². The number of benzene rings is 1. The molecule has 0 spiro atoms. The van der Waals surface area contributed by atoms with Crippen LogP contribution in [0, 0.1) is 12.7 Å². The third kappa shape index (κ3) is 2.03. The molecule has 2 N–H and O–H groups in total. The molecule has 2 nitrogen and oxygen atoms in total. The Morgan fingerprint density at radius 3 is 2.87 bits per heavy atom. The average molecular weight is 209 g/mol. The van der Waals surface area contributed by atoms with Gasteiger partial charge in [0.15, 0.2) is 0 Å². The summed E-state index contributed by atoms with van der Waals surface area (Å²) in [5.41, 5.74) is 7.43. The molecule has 82 valence electrons. The zero-order valence-electron chi connectivity index (χ0n) is 8.92. The molecule has 1 heterocycles. The molecule has 0 aromatic heterocycles. The summed E-state index contributed by atoms with van der Waals surface area (Å²) in [5.74, 6) is -0.181. The summed E-state index contributed by atoms with van der Waals surface area (Å²) in [7, 11) is 0. The van der Waals surface area contributed by atoms with E-state index in [2.05, 4.69) is 0 Å². The summed E-state index contributed by atoms with van der Waals surface area (Å²) >= 11 is 0. The van der Waals surface area contributed by atoms with E-state index >= 15 is 0 Å². The van der Waals surface area contributed by atoms with Gasteiger partial charge in [0.2, 0.25) is 0 Å². The lowest BCUT2D eigenvalue weighted by Crippen LogP contribution is -2.44. The number of aryl methyl sites for hydroxylation is 1. The molecule has 1 atom stereocenters. The van der Waals surface area contributed by atoms with Crippen molar-refractivity contribution in [3.63, 3.8) is 0 Å². The number of rotatable bonds is 1. The van der Waals surface area contributed by atoms with E-state index in [1.54, 1.807) is 13.0 Å². The summed E-state index contributed by atoms with van der Waals surface area (Å²) in [4.78, 5) is 0. The second kappa shape index (κ2) is 3.91. The predicted molar refractivity (Wildman–Crippen MR) is 57.1 cm³/mol. The number of hydrogen-bond donors (Lipinski definition) is 1. The minimum atomic E-state index is -0.434. The Bertz CT molecular complexity index is 359. The fourth-order valence-electron chi connectivity index (χ4n) is 2.00. The molecule has 1 aromatic carbocycles. The van der Waals surface area contributed by atoms with Crippen LogP contribution in [-0.4, -0.2) is 13.2 Å². The monoisotopic (exact) mass is 209 g/mol. The van der Waals surface area contributed by atoms with Gasteiger partial charge in [-0.2, -0.15) is 0 Å². The van der Waals surface area contributed by atoms with Crippen molar-refractivity contribution in [3.05, 3.63) is 35.1 Å². The lowest BCUT2D eigenvalue weighted by molar-refractivity contribution is 0.0366. The van der Waals surface area contributed by atoms with Crippen LogP contribution in [0.5, 0.6) is 0 Å². The molecule has 1 aromatic rings. The van der Waals surface area contributed by atoms with Crippen LogP contribution in [0.2, 0.25) is 0 Å². The minimum Gasteiger partial charge on any atom is -0.379 e. The second-order valence-corrected chi connectivity index (χ2v) is 4.28. The first-order valence-electron chi connectivity index (χ1n) is 5.25. The summed E-state index contributed by atoms with van der Waals surface area (Å²) in [5, 5.41) is 0. The summed E-state index contributed by atoms with van der Waals surface area (Å²) in [6.45, 7) is 3.06. The first-order chi connectivity index (χ1) is 7.12. The Kier molecular flexibility index (Phi) is 2.76. The van der Waals surface area contributed by atoms with Crippen LogP contribution in [0.15, 0.2) is 18.2 Å². The van der Waals surface area contributed by atoms with Gasteiger partial charge < -0.3 is 10.5 Å². The summed E-state index contributed by atoms with van der Waals surface area (Å²) < 4.78 is 18.5. The number of hydrogen-bond acceptors (Lipinski definition) is 2. The molecule has 2 rings (SSSR count). The van der Waals surface area contributed by atoms with Gasteiger partial charge in [0, 0.05) is 6.61 Å². The zero-order valence-corrected chi connectivity index (χ0v) is 8.92. The highest BCUT2D eigenvalue weighted by atomic mass is 19.1. The van der Waals surface area contributed by atoms with E-state index in [-0.39, 0.29) is 5.82 Å². The van der Waals surface area contributed by atoms with Crippen LogP contribution in [0.1, 0.15) is 24.0 Å². The molecule has 1 fully saturated rings. The van der Waals surface area contributed by atoms with Crippen molar-refractivity contribution in [2.45, 2.75) is 25.3 Å². The molecule has 0 aliphatic carbocycles. The maximum atomic E-state index is 13.1. The van der Waals surface area contributed by atoms with Crippen LogP contribution in [-0.2, 0) is 10.3 Å². The topological polar surface area (TPSA) is 35.2 Å². The molecular weight excluding hydrogens is 193 g/mol.